The second-order valence-electron chi connectivity index (χ2n) is 6.12. The Labute approximate surface area is 147 Å². The number of para-hydroxylation sites is 1. The van der Waals surface area contributed by atoms with E-state index in [9.17, 15) is 4.79 Å². The highest BCUT2D eigenvalue weighted by Gasteiger charge is 2.31. The zero-order valence-corrected chi connectivity index (χ0v) is 13.8. The SMILES string of the molecule is O=C(Nc1ccccc1)N1CCc2ccccc2C1c1ccncc1. The summed E-state index contributed by atoms with van der Waals surface area (Å²) in [6.07, 6.45) is 4.42. The van der Waals surface area contributed by atoms with Gasteiger partial charge in [-0.05, 0) is 47.4 Å². The van der Waals surface area contributed by atoms with Crippen LogP contribution in [0.2, 0.25) is 0 Å². The number of anilines is 1. The van der Waals surface area contributed by atoms with Gasteiger partial charge in [-0.2, -0.15) is 0 Å². The molecule has 2 heterocycles. The van der Waals surface area contributed by atoms with Gasteiger partial charge in [0.2, 0.25) is 0 Å². The van der Waals surface area contributed by atoms with Gasteiger partial charge < -0.3 is 10.2 Å². The highest BCUT2D eigenvalue weighted by Crippen LogP contribution is 2.35. The highest BCUT2D eigenvalue weighted by atomic mass is 16.2. The van der Waals surface area contributed by atoms with E-state index in [4.69, 9.17) is 0 Å². The third-order valence-electron chi connectivity index (χ3n) is 4.59. The molecule has 1 atom stereocenters. The normalized spacial score (nSPS) is 16.2. The van der Waals surface area contributed by atoms with E-state index in [1.54, 1.807) is 12.4 Å². The van der Waals surface area contributed by atoms with E-state index < -0.39 is 0 Å². The maximum Gasteiger partial charge on any atom is 0.322 e. The van der Waals surface area contributed by atoms with Gasteiger partial charge in [-0.1, -0.05) is 42.5 Å². The molecule has 124 valence electrons. The van der Waals surface area contributed by atoms with Crippen molar-refractivity contribution in [2.24, 2.45) is 0 Å². The maximum atomic E-state index is 13.0. The zero-order valence-electron chi connectivity index (χ0n) is 13.8. The van der Waals surface area contributed by atoms with E-state index in [1.165, 1.54) is 11.1 Å². The predicted octanol–water partition coefficient (Wildman–Crippen LogP) is 4.26. The molecule has 4 nitrogen and oxygen atoms in total. The third-order valence-corrected chi connectivity index (χ3v) is 4.59. The van der Waals surface area contributed by atoms with Gasteiger partial charge in [-0.15, -0.1) is 0 Å². The Bertz CT molecular complexity index is 865. The fourth-order valence-electron chi connectivity index (χ4n) is 3.41. The van der Waals surface area contributed by atoms with Crippen LogP contribution in [0.3, 0.4) is 0 Å². The van der Waals surface area contributed by atoms with E-state index in [0.717, 1.165) is 17.7 Å². The van der Waals surface area contributed by atoms with Crippen molar-refractivity contribution in [3.8, 4) is 0 Å². The number of urea groups is 1. The fraction of sp³-hybridized carbons (Fsp3) is 0.143. The van der Waals surface area contributed by atoms with Crippen LogP contribution in [0, 0.1) is 0 Å². The lowest BCUT2D eigenvalue weighted by atomic mass is 9.89. The van der Waals surface area contributed by atoms with E-state index in [-0.39, 0.29) is 12.1 Å². The summed E-state index contributed by atoms with van der Waals surface area (Å²) in [6, 6.07) is 21.7. The average molecular weight is 329 g/mol. The van der Waals surface area contributed by atoms with E-state index in [0.29, 0.717) is 6.54 Å². The molecule has 0 bridgehead atoms. The lowest BCUT2D eigenvalue weighted by Gasteiger charge is -2.37. The molecule has 4 heteroatoms. The molecule has 2 amide bonds. The smallest absolute Gasteiger partial charge is 0.313 e. The second-order valence-corrected chi connectivity index (χ2v) is 6.12. The van der Waals surface area contributed by atoms with E-state index in [1.807, 2.05) is 53.4 Å². The Kier molecular flexibility index (Phi) is 4.17. The van der Waals surface area contributed by atoms with Gasteiger partial charge in [0.1, 0.15) is 0 Å². The van der Waals surface area contributed by atoms with Gasteiger partial charge in [0.25, 0.3) is 0 Å². The van der Waals surface area contributed by atoms with Gasteiger partial charge in [0.15, 0.2) is 0 Å². The molecule has 1 unspecified atom stereocenters. The van der Waals surface area contributed by atoms with Crippen LogP contribution in [0.15, 0.2) is 79.1 Å². The molecule has 0 spiro atoms. The Morgan fingerprint density at radius 3 is 2.48 bits per heavy atom. The number of carbonyl (C=O) groups is 1. The number of aromatic nitrogens is 1. The number of amides is 2. The van der Waals surface area contributed by atoms with Crippen molar-refractivity contribution in [2.45, 2.75) is 12.5 Å². The van der Waals surface area contributed by atoms with Crippen LogP contribution in [-0.2, 0) is 6.42 Å². The Morgan fingerprint density at radius 2 is 1.68 bits per heavy atom. The summed E-state index contributed by atoms with van der Waals surface area (Å²) in [5.41, 5.74) is 4.36. The van der Waals surface area contributed by atoms with Gasteiger partial charge >= 0.3 is 6.03 Å². The Hall–Kier alpha value is -3.14. The van der Waals surface area contributed by atoms with Crippen molar-refractivity contribution >= 4 is 11.7 Å². The number of nitrogens with zero attached hydrogens (tertiary/aromatic N) is 2. The molecule has 1 aromatic heterocycles. The quantitative estimate of drug-likeness (QED) is 0.763. The molecule has 3 aromatic rings. The minimum atomic E-state index is -0.100. The minimum absolute atomic E-state index is 0.0810. The second kappa shape index (κ2) is 6.77. The van der Waals surface area contributed by atoms with Crippen molar-refractivity contribution < 1.29 is 4.79 Å². The minimum Gasteiger partial charge on any atom is -0.313 e. The van der Waals surface area contributed by atoms with Gasteiger partial charge in [0.05, 0.1) is 6.04 Å². The molecule has 4 rings (SSSR count). The lowest BCUT2D eigenvalue weighted by molar-refractivity contribution is 0.194. The molecule has 25 heavy (non-hydrogen) atoms. The first kappa shape index (κ1) is 15.4. The summed E-state index contributed by atoms with van der Waals surface area (Å²) in [5.74, 6) is 0. The molecule has 0 saturated carbocycles. The standard InChI is InChI=1S/C21H19N3O/c25-21(23-18-7-2-1-3-8-18)24-15-12-16-6-4-5-9-19(16)20(24)17-10-13-22-14-11-17/h1-11,13-14,20H,12,15H2,(H,23,25). The molecule has 1 aliphatic rings. The van der Waals surface area contributed by atoms with Crippen molar-refractivity contribution in [1.29, 1.82) is 0 Å². The molecule has 0 aliphatic carbocycles. The molecule has 1 N–H and O–H groups in total. The summed E-state index contributed by atoms with van der Waals surface area (Å²) >= 11 is 0. The Balaban J connectivity index is 1.70. The number of benzene rings is 2. The number of hydrogen-bond donors (Lipinski definition) is 1. The van der Waals surface area contributed by atoms with Gasteiger partial charge in [0, 0.05) is 24.6 Å². The number of pyridine rings is 1. The molecule has 2 aromatic carbocycles. The van der Waals surface area contributed by atoms with E-state index >= 15 is 0 Å². The van der Waals surface area contributed by atoms with Crippen LogP contribution in [-0.4, -0.2) is 22.5 Å². The summed E-state index contributed by atoms with van der Waals surface area (Å²) in [5, 5.41) is 3.01. The highest BCUT2D eigenvalue weighted by molar-refractivity contribution is 5.90. The largest absolute Gasteiger partial charge is 0.322 e. The van der Waals surface area contributed by atoms with Crippen LogP contribution < -0.4 is 5.32 Å². The fourth-order valence-corrected chi connectivity index (χ4v) is 3.41. The van der Waals surface area contributed by atoms with Crippen molar-refractivity contribution in [3.05, 3.63) is 95.8 Å². The summed E-state index contributed by atoms with van der Waals surface area (Å²) in [4.78, 5) is 19.0. The first-order valence-corrected chi connectivity index (χ1v) is 8.43. The van der Waals surface area contributed by atoms with Crippen LogP contribution in [0.5, 0.6) is 0 Å². The molecule has 0 radical (unpaired) electrons. The third kappa shape index (κ3) is 3.11. The zero-order chi connectivity index (χ0) is 17.1. The summed E-state index contributed by atoms with van der Waals surface area (Å²) in [6.45, 7) is 0.683. The number of fused-ring (bicyclic) bond motifs is 1. The first-order chi connectivity index (χ1) is 12.3. The predicted molar refractivity (Wildman–Crippen MR) is 98.4 cm³/mol. The topological polar surface area (TPSA) is 45.2 Å². The van der Waals surface area contributed by atoms with Crippen molar-refractivity contribution in [2.75, 3.05) is 11.9 Å². The van der Waals surface area contributed by atoms with Crippen LogP contribution in [0.4, 0.5) is 10.5 Å². The number of hydrogen-bond acceptors (Lipinski definition) is 2. The molecule has 1 aliphatic heterocycles. The summed E-state index contributed by atoms with van der Waals surface area (Å²) < 4.78 is 0. The van der Waals surface area contributed by atoms with Crippen molar-refractivity contribution in [3.63, 3.8) is 0 Å². The monoisotopic (exact) mass is 329 g/mol. The average Bonchev–Trinajstić information content (AvgIpc) is 2.68. The summed E-state index contributed by atoms with van der Waals surface area (Å²) in [7, 11) is 0. The number of carbonyl (C=O) groups excluding carboxylic acids is 1. The number of nitrogens with one attached hydrogen (secondary N) is 1. The van der Waals surface area contributed by atoms with Crippen LogP contribution in [0.1, 0.15) is 22.7 Å². The van der Waals surface area contributed by atoms with E-state index in [2.05, 4.69) is 28.5 Å². The Morgan fingerprint density at radius 1 is 0.960 bits per heavy atom. The molecular weight excluding hydrogens is 310 g/mol. The van der Waals surface area contributed by atoms with Crippen LogP contribution >= 0.6 is 0 Å². The molecule has 0 saturated heterocycles. The number of rotatable bonds is 2. The van der Waals surface area contributed by atoms with Crippen LogP contribution in [0.25, 0.3) is 0 Å². The molecule has 0 fully saturated rings. The lowest BCUT2D eigenvalue weighted by Crippen LogP contribution is -2.43. The van der Waals surface area contributed by atoms with Gasteiger partial charge in [-0.25, -0.2) is 4.79 Å². The van der Waals surface area contributed by atoms with Crippen molar-refractivity contribution in [1.82, 2.24) is 9.88 Å². The molecular formula is C21H19N3O. The first-order valence-electron chi connectivity index (χ1n) is 8.43. The van der Waals surface area contributed by atoms with Gasteiger partial charge in [-0.3, -0.25) is 4.98 Å². The maximum absolute atomic E-state index is 13.0.